The molecule has 0 spiro atoms. The van der Waals surface area contributed by atoms with E-state index in [1.54, 1.807) is 11.1 Å². The second-order valence-electron chi connectivity index (χ2n) is 6.47. The Hall–Kier alpha value is -2.34. The Morgan fingerprint density at radius 3 is 3.12 bits per heavy atom. The zero-order valence-electron chi connectivity index (χ0n) is 13.6. The van der Waals surface area contributed by atoms with Crippen LogP contribution in [-0.4, -0.2) is 42.0 Å². The largest absolute Gasteiger partial charge is 0.376 e. The molecule has 2 N–H and O–H groups in total. The molecule has 0 unspecified atom stereocenters. The molecule has 1 aromatic carbocycles. The first-order valence-corrected chi connectivity index (χ1v) is 8.55. The van der Waals surface area contributed by atoms with Crippen molar-refractivity contribution in [3.05, 3.63) is 47.8 Å². The minimum atomic E-state index is -0.0656. The Morgan fingerprint density at radius 2 is 2.25 bits per heavy atom. The van der Waals surface area contributed by atoms with Crippen LogP contribution in [0.4, 0.5) is 10.5 Å². The van der Waals surface area contributed by atoms with E-state index in [2.05, 4.69) is 39.8 Å². The summed E-state index contributed by atoms with van der Waals surface area (Å²) in [6.45, 7) is 2.00. The van der Waals surface area contributed by atoms with Gasteiger partial charge in [0.15, 0.2) is 0 Å². The minimum Gasteiger partial charge on any atom is -0.376 e. The van der Waals surface area contributed by atoms with Crippen LogP contribution in [-0.2, 0) is 11.2 Å². The average molecular weight is 326 g/mol. The van der Waals surface area contributed by atoms with Crippen molar-refractivity contribution in [1.29, 1.82) is 0 Å². The quantitative estimate of drug-likeness (QED) is 0.910. The van der Waals surface area contributed by atoms with E-state index in [0.717, 1.165) is 43.8 Å². The number of aryl methyl sites for hydroxylation is 1. The second kappa shape index (κ2) is 6.65. The summed E-state index contributed by atoms with van der Waals surface area (Å²) in [4.78, 5) is 14.3. The average Bonchev–Trinajstić information content (AvgIpc) is 3.29. The lowest BCUT2D eigenvalue weighted by molar-refractivity contribution is 0.110. The van der Waals surface area contributed by atoms with Crippen molar-refractivity contribution in [2.45, 2.75) is 31.3 Å². The number of carbonyl (C=O) groups is 1. The molecule has 126 valence electrons. The number of fused-ring (bicyclic) bond motifs is 1. The number of hydrogen-bond donors (Lipinski definition) is 2. The van der Waals surface area contributed by atoms with Gasteiger partial charge in [0.05, 0.1) is 30.3 Å². The van der Waals surface area contributed by atoms with Crippen molar-refractivity contribution in [3.63, 3.8) is 0 Å². The highest BCUT2D eigenvalue weighted by atomic mass is 16.5. The van der Waals surface area contributed by atoms with E-state index in [0.29, 0.717) is 12.5 Å². The van der Waals surface area contributed by atoms with Gasteiger partial charge in [0.2, 0.25) is 0 Å². The van der Waals surface area contributed by atoms with Crippen LogP contribution >= 0.6 is 0 Å². The third kappa shape index (κ3) is 3.01. The van der Waals surface area contributed by atoms with Crippen LogP contribution in [0.15, 0.2) is 36.5 Å². The van der Waals surface area contributed by atoms with E-state index in [-0.39, 0.29) is 12.1 Å². The molecule has 1 fully saturated rings. The van der Waals surface area contributed by atoms with Gasteiger partial charge in [0.1, 0.15) is 0 Å². The Bertz CT molecular complexity index is 700. The predicted molar refractivity (Wildman–Crippen MR) is 91.2 cm³/mol. The Morgan fingerprint density at radius 1 is 1.38 bits per heavy atom. The number of aromatic amines is 1. The number of amides is 2. The van der Waals surface area contributed by atoms with Gasteiger partial charge in [-0.25, -0.2) is 4.79 Å². The molecule has 2 amide bonds. The molecule has 1 saturated heterocycles. The van der Waals surface area contributed by atoms with Gasteiger partial charge < -0.3 is 10.1 Å². The van der Waals surface area contributed by atoms with Crippen molar-refractivity contribution in [2.24, 2.45) is 0 Å². The lowest BCUT2D eigenvalue weighted by atomic mass is 9.96. The second-order valence-corrected chi connectivity index (χ2v) is 6.47. The topological polar surface area (TPSA) is 70.2 Å². The molecule has 2 aliphatic rings. The summed E-state index contributed by atoms with van der Waals surface area (Å²) in [6, 6.07) is 10.4. The number of hydrogen-bond acceptors (Lipinski definition) is 3. The van der Waals surface area contributed by atoms with Gasteiger partial charge in [0.25, 0.3) is 0 Å². The molecule has 0 bridgehead atoms. The Kier molecular flexibility index (Phi) is 4.21. The summed E-state index contributed by atoms with van der Waals surface area (Å²) in [6.07, 6.45) is 4.66. The van der Waals surface area contributed by atoms with E-state index < -0.39 is 0 Å². The smallest absolute Gasteiger partial charge is 0.322 e. The van der Waals surface area contributed by atoms with Crippen LogP contribution in [0.2, 0.25) is 0 Å². The molecule has 6 nitrogen and oxygen atoms in total. The molecule has 2 aliphatic heterocycles. The van der Waals surface area contributed by atoms with Crippen LogP contribution in [0.3, 0.4) is 0 Å². The van der Waals surface area contributed by atoms with Crippen molar-refractivity contribution >= 4 is 11.7 Å². The maximum Gasteiger partial charge on any atom is 0.322 e. The summed E-state index contributed by atoms with van der Waals surface area (Å²) >= 11 is 0. The number of nitrogens with one attached hydrogen (secondary N) is 2. The molecule has 6 heteroatoms. The minimum absolute atomic E-state index is 0.0656. The molecule has 2 atom stereocenters. The van der Waals surface area contributed by atoms with Gasteiger partial charge >= 0.3 is 6.03 Å². The monoisotopic (exact) mass is 326 g/mol. The number of carbonyl (C=O) groups excluding carboxylic acids is 1. The molecule has 1 aromatic heterocycles. The number of rotatable bonds is 3. The van der Waals surface area contributed by atoms with Gasteiger partial charge in [-0.15, -0.1) is 0 Å². The van der Waals surface area contributed by atoms with Gasteiger partial charge in [-0.3, -0.25) is 10.00 Å². The molecular weight excluding hydrogens is 304 g/mol. The molecule has 2 aromatic rings. The summed E-state index contributed by atoms with van der Waals surface area (Å²) < 4.78 is 5.86. The Labute approximate surface area is 141 Å². The first kappa shape index (κ1) is 15.2. The van der Waals surface area contributed by atoms with E-state index in [1.807, 2.05) is 6.07 Å². The van der Waals surface area contributed by atoms with Crippen molar-refractivity contribution in [2.75, 3.05) is 24.6 Å². The fourth-order valence-corrected chi connectivity index (χ4v) is 3.57. The highest BCUT2D eigenvalue weighted by molar-refractivity contribution is 5.92. The zero-order valence-corrected chi connectivity index (χ0v) is 13.6. The van der Waals surface area contributed by atoms with Gasteiger partial charge in [-0.2, -0.15) is 5.10 Å². The number of aromatic nitrogens is 2. The van der Waals surface area contributed by atoms with Gasteiger partial charge in [-0.05, 0) is 24.8 Å². The molecule has 4 rings (SSSR count). The van der Waals surface area contributed by atoms with Crippen molar-refractivity contribution < 1.29 is 9.53 Å². The molecule has 3 heterocycles. The first-order chi connectivity index (χ1) is 11.8. The maximum atomic E-state index is 12.5. The summed E-state index contributed by atoms with van der Waals surface area (Å²) in [5.41, 5.74) is 3.25. The van der Waals surface area contributed by atoms with Crippen LogP contribution < -0.4 is 10.2 Å². The van der Waals surface area contributed by atoms with Crippen LogP contribution in [0.1, 0.15) is 30.0 Å². The molecular formula is C18H22N4O2. The lowest BCUT2D eigenvalue weighted by Gasteiger charge is -2.27. The standard InChI is InChI=1S/C18H22N4O2/c23-18(22-8-4-7-16-17(22)11-20-21-16)19-10-15-9-14(12-24-15)13-5-2-1-3-6-13/h1-3,5-6,11,14-15H,4,7-10,12H2,(H,19,23)(H,20,21)/t14-,15-/m0/s1. The fraction of sp³-hybridized carbons (Fsp3) is 0.444. The van der Waals surface area contributed by atoms with E-state index >= 15 is 0 Å². The fourth-order valence-electron chi connectivity index (χ4n) is 3.57. The number of urea groups is 1. The van der Waals surface area contributed by atoms with Crippen molar-refractivity contribution in [3.8, 4) is 0 Å². The third-order valence-corrected chi connectivity index (χ3v) is 4.87. The lowest BCUT2D eigenvalue weighted by Crippen LogP contribution is -2.45. The summed E-state index contributed by atoms with van der Waals surface area (Å²) in [7, 11) is 0. The summed E-state index contributed by atoms with van der Waals surface area (Å²) in [5.74, 6) is 0.420. The predicted octanol–water partition coefficient (Wildman–Crippen LogP) is 2.44. The molecule has 0 saturated carbocycles. The van der Waals surface area contributed by atoms with E-state index in [9.17, 15) is 4.79 Å². The third-order valence-electron chi connectivity index (χ3n) is 4.87. The number of ether oxygens (including phenoxy) is 1. The molecule has 0 aliphatic carbocycles. The van der Waals surface area contributed by atoms with Crippen LogP contribution in [0.25, 0.3) is 0 Å². The SMILES string of the molecule is O=C(NC[C@@H]1C[C@H](c2ccccc2)CO1)N1CCCc2[nH]ncc21. The number of H-pyrrole nitrogens is 1. The summed E-state index contributed by atoms with van der Waals surface area (Å²) in [5, 5.41) is 10.0. The van der Waals surface area contributed by atoms with Crippen LogP contribution in [0, 0.1) is 0 Å². The van der Waals surface area contributed by atoms with Gasteiger partial charge in [-0.1, -0.05) is 30.3 Å². The number of benzene rings is 1. The molecule has 0 radical (unpaired) electrons. The Balaban J connectivity index is 1.31. The zero-order chi connectivity index (χ0) is 16.4. The van der Waals surface area contributed by atoms with Gasteiger partial charge in [0, 0.05) is 19.0 Å². The first-order valence-electron chi connectivity index (χ1n) is 8.55. The normalized spacial score (nSPS) is 23.1. The van der Waals surface area contributed by atoms with E-state index in [1.165, 1.54) is 5.56 Å². The van der Waals surface area contributed by atoms with E-state index in [4.69, 9.17) is 4.74 Å². The molecule has 24 heavy (non-hydrogen) atoms. The number of anilines is 1. The van der Waals surface area contributed by atoms with Crippen LogP contribution in [0.5, 0.6) is 0 Å². The highest BCUT2D eigenvalue weighted by Gasteiger charge is 2.28. The number of nitrogens with zero attached hydrogens (tertiary/aromatic N) is 2. The van der Waals surface area contributed by atoms with Crippen molar-refractivity contribution in [1.82, 2.24) is 15.5 Å². The highest BCUT2D eigenvalue weighted by Crippen LogP contribution is 2.29. The maximum absolute atomic E-state index is 12.5.